The highest BCUT2D eigenvalue weighted by molar-refractivity contribution is 6.03. The van der Waals surface area contributed by atoms with Gasteiger partial charge >= 0.3 is 5.97 Å². The summed E-state index contributed by atoms with van der Waals surface area (Å²) in [6.07, 6.45) is 0. The van der Waals surface area contributed by atoms with E-state index in [2.05, 4.69) is 4.98 Å². The van der Waals surface area contributed by atoms with Gasteiger partial charge < -0.3 is 14.9 Å². The van der Waals surface area contributed by atoms with Gasteiger partial charge in [0.1, 0.15) is 5.75 Å². The summed E-state index contributed by atoms with van der Waals surface area (Å²) in [5, 5.41) is 21.6. The Morgan fingerprint density at radius 1 is 1.18 bits per heavy atom. The zero-order valence-corrected chi connectivity index (χ0v) is 11.7. The van der Waals surface area contributed by atoms with Crippen molar-refractivity contribution in [3.8, 4) is 22.8 Å². The summed E-state index contributed by atoms with van der Waals surface area (Å²) in [5.74, 6) is -1.05. The minimum absolute atomic E-state index is 0.172. The molecule has 0 fully saturated rings. The van der Waals surface area contributed by atoms with E-state index in [1.54, 1.807) is 36.4 Å². The van der Waals surface area contributed by atoms with Crippen molar-refractivity contribution >= 4 is 16.9 Å². The summed E-state index contributed by atoms with van der Waals surface area (Å²) in [5.41, 5.74) is 1.87. The highest BCUT2D eigenvalue weighted by Crippen LogP contribution is 2.31. The van der Waals surface area contributed by atoms with Crippen LogP contribution < -0.4 is 9.84 Å². The Morgan fingerprint density at radius 3 is 2.68 bits per heavy atom. The summed E-state index contributed by atoms with van der Waals surface area (Å²) >= 11 is 0. The lowest BCUT2D eigenvalue weighted by Crippen LogP contribution is -2.00. The molecule has 3 rings (SSSR count). The van der Waals surface area contributed by atoms with Crippen LogP contribution >= 0.6 is 0 Å². The van der Waals surface area contributed by atoms with Gasteiger partial charge in [-0.2, -0.15) is 0 Å². The molecule has 5 heteroatoms. The van der Waals surface area contributed by atoms with E-state index in [9.17, 15) is 15.0 Å². The Kier molecular flexibility index (Phi) is 3.39. The van der Waals surface area contributed by atoms with Gasteiger partial charge in [-0.15, -0.1) is 0 Å². The number of hydrogen-bond donors (Lipinski definition) is 1. The van der Waals surface area contributed by atoms with Gasteiger partial charge in [0, 0.05) is 10.9 Å². The number of nitrogens with zero attached hydrogens (tertiary/aromatic N) is 1. The lowest BCUT2D eigenvalue weighted by Gasteiger charge is -2.14. The van der Waals surface area contributed by atoms with Crippen molar-refractivity contribution in [3.05, 3.63) is 54.1 Å². The Bertz CT molecular complexity index is 874. The molecule has 0 saturated carbocycles. The van der Waals surface area contributed by atoms with Gasteiger partial charge in [-0.3, -0.25) is 0 Å². The first kappa shape index (κ1) is 13.9. The minimum Gasteiger partial charge on any atom is -0.870 e. The number of benzene rings is 2. The number of pyridine rings is 1. The van der Waals surface area contributed by atoms with Crippen LogP contribution in [0.1, 0.15) is 10.4 Å². The standard InChI is InChI=1S/C17H13NO4/c1-22-16-8-10(6-7-15(16)19)14-9-12(17(20)21)11-4-2-3-5-13(11)18-14/h2-9,19H,1H3,(H,20,21)/p-1. The second-order valence-electron chi connectivity index (χ2n) is 4.74. The van der Waals surface area contributed by atoms with Crippen LogP contribution in [0.15, 0.2) is 48.5 Å². The number of ether oxygens (including phenoxy) is 1. The fraction of sp³-hybridized carbons (Fsp3) is 0.0588. The largest absolute Gasteiger partial charge is 0.870 e. The summed E-state index contributed by atoms with van der Waals surface area (Å²) < 4.78 is 5.02. The lowest BCUT2D eigenvalue weighted by molar-refractivity contribution is -0.270. The molecule has 0 unspecified atom stereocenters. The van der Waals surface area contributed by atoms with Crippen molar-refractivity contribution in [1.82, 2.24) is 4.98 Å². The van der Waals surface area contributed by atoms with Crippen molar-refractivity contribution in [2.75, 3.05) is 7.11 Å². The maximum atomic E-state index is 11.6. The Morgan fingerprint density at radius 2 is 1.95 bits per heavy atom. The number of aromatic carboxylic acids is 1. The van der Waals surface area contributed by atoms with Crippen LogP contribution in [0.2, 0.25) is 0 Å². The quantitative estimate of drug-likeness (QED) is 0.803. The van der Waals surface area contributed by atoms with E-state index < -0.39 is 5.97 Å². The third-order valence-corrected chi connectivity index (χ3v) is 3.41. The van der Waals surface area contributed by atoms with Crippen molar-refractivity contribution in [3.63, 3.8) is 0 Å². The third kappa shape index (κ3) is 2.33. The fourth-order valence-electron chi connectivity index (χ4n) is 2.33. The van der Waals surface area contributed by atoms with E-state index >= 15 is 0 Å². The van der Waals surface area contributed by atoms with Gasteiger partial charge in [-0.1, -0.05) is 36.1 Å². The molecule has 1 aromatic heterocycles. The number of rotatable bonds is 3. The summed E-state index contributed by atoms with van der Waals surface area (Å²) in [4.78, 5) is 15.9. The molecule has 0 bridgehead atoms. The number of carboxylic acid groups (broad SMARTS) is 1. The van der Waals surface area contributed by atoms with Crippen LogP contribution in [0.3, 0.4) is 0 Å². The topological polar surface area (TPSA) is 82.5 Å². The van der Waals surface area contributed by atoms with Crippen molar-refractivity contribution < 1.29 is 19.7 Å². The van der Waals surface area contributed by atoms with Gasteiger partial charge in [0.15, 0.2) is 0 Å². The van der Waals surface area contributed by atoms with E-state index in [1.807, 2.05) is 0 Å². The SMILES string of the molecule is COc1cc(-c2cc(C(=O)O)c3ccccc3n2)ccc1[O-]. The molecule has 1 N–H and O–H groups in total. The molecular weight excluding hydrogens is 282 g/mol. The van der Waals surface area contributed by atoms with Crippen molar-refractivity contribution in [2.45, 2.75) is 0 Å². The third-order valence-electron chi connectivity index (χ3n) is 3.41. The minimum atomic E-state index is -1.02. The molecular formula is C17H12NO4-. The predicted octanol–water partition coefficient (Wildman–Crippen LogP) is 2.68. The first-order valence-electron chi connectivity index (χ1n) is 6.58. The van der Waals surface area contributed by atoms with Crippen molar-refractivity contribution in [1.29, 1.82) is 0 Å². The van der Waals surface area contributed by atoms with Gasteiger partial charge in [-0.25, -0.2) is 9.78 Å². The average Bonchev–Trinajstić information content (AvgIpc) is 2.54. The molecule has 0 spiro atoms. The molecule has 1 heterocycles. The number of carbonyl (C=O) groups is 1. The molecule has 0 aliphatic carbocycles. The molecule has 110 valence electrons. The molecule has 0 atom stereocenters. The predicted molar refractivity (Wildman–Crippen MR) is 80.1 cm³/mol. The van der Waals surface area contributed by atoms with Crippen LogP contribution in [0.25, 0.3) is 22.2 Å². The second kappa shape index (κ2) is 5.37. The van der Waals surface area contributed by atoms with Gasteiger partial charge in [0.05, 0.1) is 23.9 Å². The van der Waals surface area contributed by atoms with E-state index in [1.165, 1.54) is 19.2 Å². The summed E-state index contributed by atoms with van der Waals surface area (Å²) in [7, 11) is 1.41. The average molecular weight is 294 g/mol. The molecule has 0 saturated heterocycles. The zero-order chi connectivity index (χ0) is 15.7. The fourth-order valence-corrected chi connectivity index (χ4v) is 2.33. The maximum Gasteiger partial charge on any atom is 0.336 e. The van der Waals surface area contributed by atoms with Gasteiger partial charge in [-0.05, 0) is 18.2 Å². The number of aromatic nitrogens is 1. The molecule has 22 heavy (non-hydrogen) atoms. The summed E-state index contributed by atoms with van der Waals surface area (Å²) in [6.45, 7) is 0. The van der Waals surface area contributed by atoms with E-state index in [-0.39, 0.29) is 17.1 Å². The van der Waals surface area contributed by atoms with Crippen LogP contribution in [0.4, 0.5) is 0 Å². The number of fused-ring (bicyclic) bond motifs is 1. The lowest BCUT2D eigenvalue weighted by atomic mass is 10.0. The smallest absolute Gasteiger partial charge is 0.336 e. The number of carboxylic acids is 1. The van der Waals surface area contributed by atoms with E-state index in [0.717, 1.165) is 0 Å². The molecule has 0 aliphatic heterocycles. The highest BCUT2D eigenvalue weighted by atomic mass is 16.5. The van der Waals surface area contributed by atoms with Crippen LogP contribution in [0, 0.1) is 0 Å². The number of hydrogen-bond acceptors (Lipinski definition) is 4. The molecule has 0 radical (unpaired) electrons. The molecule has 0 amide bonds. The zero-order valence-electron chi connectivity index (χ0n) is 11.7. The Labute approximate surface area is 126 Å². The number of para-hydroxylation sites is 1. The number of methoxy groups -OCH3 is 1. The van der Waals surface area contributed by atoms with Crippen LogP contribution in [-0.4, -0.2) is 23.2 Å². The van der Waals surface area contributed by atoms with Crippen molar-refractivity contribution in [2.24, 2.45) is 0 Å². The molecule has 0 aliphatic rings. The highest BCUT2D eigenvalue weighted by Gasteiger charge is 2.13. The normalized spacial score (nSPS) is 10.6. The van der Waals surface area contributed by atoms with Gasteiger partial charge in [0.2, 0.25) is 0 Å². The monoisotopic (exact) mass is 294 g/mol. The Hall–Kier alpha value is -3.08. The maximum absolute atomic E-state index is 11.6. The first-order valence-corrected chi connectivity index (χ1v) is 6.58. The van der Waals surface area contributed by atoms with Gasteiger partial charge in [0.25, 0.3) is 0 Å². The van der Waals surface area contributed by atoms with E-state index in [0.29, 0.717) is 22.2 Å². The molecule has 3 aromatic rings. The summed E-state index contributed by atoms with van der Waals surface area (Å²) in [6, 6.07) is 13.1. The van der Waals surface area contributed by atoms with Crippen LogP contribution in [-0.2, 0) is 0 Å². The molecule has 2 aromatic carbocycles. The van der Waals surface area contributed by atoms with Crippen LogP contribution in [0.5, 0.6) is 11.5 Å². The second-order valence-corrected chi connectivity index (χ2v) is 4.74. The van der Waals surface area contributed by atoms with E-state index in [4.69, 9.17) is 4.74 Å². The Balaban J connectivity index is 2.25. The first-order chi connectivity index (χ1) is 10.6. The molecule has 5 nitrogen and oxygen atoms in total.